The number of anilines is 1. The van der Waals surface area contributed by atoms with Gasteiger partial charge in [0.2, 0.25) is 0 Å². The zero-order valence-electron chi connectivity index (χ0n) is 18.8. The van der Waals surface area contributed by atoms with E-state index in [0.717, 1.165) is 12.8 Å². The van der Waals surface area contributed by atoms with Crippen molar-refractivity contribution in [2.75, 3.05) is 11.9 Å². The van der Waals surface area contributed by atoms with Gasteiger partial charge in [0, 0.05) is 7.05 Å². The second-order valence-electron chi connectivity index (χ2n) is 9.85. The van der Waals surface area contributed by atoms with Crippen molar-refractivity contribution in [2.45, 2.75) is 76.7 Å². The SMILES string of the molecule is Cc1c(N2C(=O)N(C)[C@]3(CCC[C@H]3O[Si](C)(C)C(C)(C)C)C2=O)ccc(C#N)c1Cl. The number of likely N-dealkylation sites (N-methyl/N-ethyl adjacent to an activating group) is 1. The lowest BCUT2D eigenvalue weighted by molar-refractivity contribution is -0.128. The minimum Gasteiger partial charge on any atom is -0.411 e. The van der Waals surface area contributed by atoms with Crippen LogP contribution in [0.5, 0.6) is 0 Å². The van der Waals surface area contributed by atoms with E-state index in [9.17, 15) is 14.9 Å². The van der Waals surface area contributed by atoms with E-state index in [1.807, 2.05) is 6.07 Å². The standard InChI is InChI=1S/C22H30ClN3O3Si/c1-14-16(11-10-15(13-24)18(14)23)26-19(27)22(25(5)20(26)28)12-8-9-17(22)29-30(6,7)21(2,3)4/h10-11,17H,8-9,12H2,1-7H3/t17-,22+/m1/s1. The molecule has 0 radical (unpaired) electrons. The molecule has 6 nitrogen and oxygen atoms in total. The molecule has 0 bridgehead atoms. The number of carbonyl (C=O) groups excluding carboxylic acids is 2. The summed E-state index contributed by atoms with van der Waals surface area (Å²) in [4.78, 5) is 29.9. The smallest absolute Gasteiger partial charge is 0.332 e. The Balaban J connectivity index is 2.05. The number of hydrogen-bond acceptors (Lipinski definition) is 4. The van der Waals surface area contributed by atoms with E-state index in [4.69, 9.17) is 16.0 Å². The first-order chi connectivity index (χ1) is 13.8. The molecule has 8 heteroatoms. The van der Waals surface area contributed by atoms with E-state index in [1.54, 1.807) is 31.0 Å². The van der Waals surface area contributed by atoms with Crippen molar-refractivity contribution in [3.63, 3.8) is 0 Å². The molecule has 1 saturated heterocycles. The molecule has 3 amide bonds. The van der Waals surface area contributed by atoms with Gasteiger partial charge in [0.25, 0.3) is 5.91 Å². The van der Waals surface area contributed by atoms with Crippen LogP contribution in [0.2, 0.25) is 23.2 Å². The molecule has 0 unspecified atom stereocenters. The predicted molar refractivity (Wildman–Crippen MR) is 120 cm³/mol. The Kier molecular flexibility index (Phi) is 5.60. The molecule has 1 aliphatic carbocycles. The quantitative estimate of drug-likeness (QED) is 0.469. The van der Waals surface area contributed by atoms with Gasteiger partial charge < -0.3 is 9.33 Å². The zero-order chi connectivity index (χ0) is 22.6. The average molecular weight is 448 g/mol. The van der Waals surface area contributed by atoms with Crippen LogP contribution in [0, 0.1) is 18.3 Å². The molecule has 162 valence electrons. The first kappa shape index (κ1) is 22.8. The third-order valence-electron chi connectivity index (χ3n) is 7.17. The number of carbonyl (C=O) groups is 2. The Hall–Kier alpha value is -1.88. The molecule has 2 aliphatic rings. The van der Waals surface area contributed by atoms with Gasteiger partial charge in [-0.1, -0.05) is 32.4 Å². The fraction of sp³-hybridized carbons (Fsp3) is 0.591. The maximum Gasteiger partial charge on any atom is 0.332 e. The lowest BCUT2D eigenvalue weighted by Gasteiger charge is -2.43. The van der Waals surface area contributed by atoms with Crippen molar-refractivity contribution in [1.82, 2.24) is 4.90 Å². The van der Waals surface area contributed by atoms with Gasteiger partial charge in [-0.05, 0) is 62.0 Å². The summed E-state index contributed by atoms with van der Waals surface area (Å²) in [6.07, 6.45) is 1.81. The van der Waals surface area contributed by atoms with Crippen molar-refractivity contribution in [3.8, 4) is 6.07 Å². The van der Waals surface area contributed by atoms with Crippen LogP contribution >= 0.6 is 11.6 Å². The van der Waals surface area contributed by atoms with Gasteiger partial charge >= 0.3 is 6.03 Å². The minimum atomic E-state index is -2.14. The number of hydrogen-bond donors (Lipinski definition) is 0. The highest BCUT2D eigenvalue weighted by Crippen LogP contribution is 2.48. The summed E-state index contributed by atoms with van der Waals surface area (Å²) in [5, 5.41) is 9.48. The van der Waals surface area contributed by atoms with Crippen LogP contribution in [0.15, 0.2) is 12.1 Å². The number of amides is 3. The average Bonchev–Trinajstić information content (AvgIpc) is 3.14. The first-order valence-corrected chi connectivity index (χ1v) is 13.6. The third-order valence-corrected chi connectivity index (χ3v) is 12.1. The minimum absolute atomic E-state index is 0.00205. The van der Waals surface area contributed by atoms with Crippen LogP contribution in [-0.2, 0) is 9.22 Å². The Labute approximate surface area is 184 Å². The number of nitriles is 1. The molecule has 1 heterocycles. The van der Waals surface area contributed by atoms with Crippen LogP contribution in [0.3, 0.4) is 0 Å². The molecule has 1 aliphatic heterocycles. The van der Waals surface area contributed by atoms with Crippen molar-refractivity contribution in [3.05, 3.63) is 28.3 Å². The highest BCUT2D eigenvalue weighted by atomic mass is 35.5. The molecule has 1 aromatic carbocycles. The molecule has 2 fully saturated rings. The number of rotatable bonds is 3. The number of nitrogens with zero attached hydrogens (tertiary/aromatic N) is 3. The lowest BCUT2D eigenvalue weighted by atomic mass is 9.93. The summed E-state index contributed by atoms with van der Waals surface area (Å²) in [6, 6.07) is 4.83. The van der Waals surface area contributed by atoms with E-state index < -0.39 is 13.9 Å². The van der Waals surface area contributed by atoms with Gasteiger partial charge in [-0.2, -0.15) is 5.26 Å². The molecule has 30 heavy (non-hydrogen) atoms. The van der Waals surface area contributed by atoms with Crippen molar-refractivity contribution in [2.24, 2.45) is 0 Å². The normalized spacial score (nSPS) is 24.8. The molecular weight excluding hydrogens is 418 g/mol. The Morgan fingerprint density at radius 3 is 2.50 bits per heavy atom. The summed E-state index contributed by atoms with van der Waals surface area (Å²) < 4.78 is 6.69. The monoisotopic (exact) mass is 447 g/mol. The molecule has 3 rings (SSSR count). The van der Waals surface area contributed by atoms with Gasteiger partial charge in [-0.3, -0.25) is 4.79 Å². The third kappa shape index (κ3) is 3.17. The number of imide groups is 1. The Morgan fingerprint density at radius 1 is 1.30 bits per heavy atom. The van der Waals surface area contributed by atoms with Crippen LogP contribution in [0.1, 0.15) is 51.2 Å². The Bertz CT molecular complexity index is 950. The fourth-order valence-corrected chi connectivity index (χ4v) is 5.81. The summed E-state index contributed by atoms with van der Waals surface area (Å²) in [6.45, 7) is 12.6. The van der Waals surface area contributed by atoms with Gasteiger partial charge in [0.15, 0.2) is 8.32 Å². The van der Waals surface area contributed by atoms with Crippen LogP contribution in [0.25, 0.3) is 0 Å². The topological polar surface area (TPSA) is 73.6 Å². The fourth-order valence-electron chi connectivity index (χ4n) is 4.23. The number of benzene rings is 1. The summed E-state index contributed by atoms with van der Waals surface area (Å²) in [5.74, 6) is -0.264. The van der Waals surface area contributed by atoms with Crippen LogP contribution < -0.4 is 4.90 Å². The van der Waals surface area contributed by atoms with Gasteiger partial charge in [-0.15, -0.1) is 0 Å². The van der Waals surface area contributed by atoms with Crippen molar-refractivity contribution in [1.29, 1.82) is 5.26 Å². The highest BCUT2D eigenvalue weighted by Gasteiger charge is 2.64. The van der Waals surface area contributed by atoms with Gasteiger partial charge in [-0.25, -0.2) is 9.69 Å². The number of halogens is 1. The van der Waals surface area contributed by atoms with Crippen LogP contribution in [-0.4, -0.2) is 43.8 Å². The second-order valence-corrected chi connectivity index (χ2v) is 15.0. The van der Waals surface area contributed by atoms with E-state index in [2.05, 4.69) is 33.9 Å². The molecule has 0 N–H and O–H groups in total. The second kappa shape index (κ2) is 7.36. The van der Waals surface area contributed by atoms with Crippen LogP contribution in [0.4, 0.5) is 10.5 Å². The molecule has 2 atom stereocenters. The lowest BCUT2D eigenvalue weighted by Crippen LogP contribution is -2.58. The van der Waals surface area contributed by atoms with E-state index in [-0.39, 0.29) is 28.1 Å². The van der Waals surface area contributed by atoms with Gasteiger partial charge in [0.05, 0.1) is 22.4 Å². The largest absolute Gasteiger partial charge is 0.411 e. The maximum absolute atomic E-state index is 13.8. The molecule has 1 aromatic rings. The maximum atomic E-state index is 13.8. The predicted octanol–water partition coefficient (Wildman–Crippen LogP) is 5.23. The van der Waals surface area contributed by atoms with Gasteiger partial charge in [0.1, 0.15) is 11.6 Å². The summed E-state index contributed by atoms with van der Waals surface area (Å²) in [5.41, 5.74) is 0.290. The van der Waals surface area contributed by atoms with E-state index >= 15 is 0 Å². The Morgan fingerprint density at radius 2 is 1.93 bits per heavy atom. The first-order valence-electron chi connectivity index (χ1n) is 10.3. The highest BCUT2D eigenvalue weighted by molar-refractivity contribution is 6.74. The summed E-state index contributed by atoms with van der Waals surface area (Å²) in [7, 11) is -0.455. The van der Waals surface area contributed by atoms with Crippen molar-refractivity contribution >= 4 is 37.5 Å². The van der Waals surface area contributed by atoms with E-state index in [0.29, 0.717) is 23.2 Å². The summed E-state index contributed by atoms with van der Waals surface area (Å²) >= 11 is 6.32. The van der Waals surface area contributed by atoms with Crippen molar-refractivity contribution < 1.29 is 14.0 Å². The van der Waals surface area contributed by atoms with E-state index in [1.165, 1.54) is 4.90 Å². The number of urea groups is 1. The molecule has 1 saturated carbocycles. The zero-order valence-corrected chi connectivity index (χ0v) is 20.6. The molecular formula is C22H30ClN3O3Si. The molecule has 0 aromatic heterocycles. The molecule has 1 spiro atoms.